The molecule has 0 saturated heterocycles. The molecule has 6 heteroatoms. The van der Waals surface area contributed by atoms with E-state index in [0.717, 1.165) is 11.0 Å². The van der Waals surface area contributed by atoms with E-state index in [1.807, 2.05) is 11.4 Å². The third kappa shape index (κ3) is 2.96. The van der Waals surface area contributed by atoms with E-state index in [0.29, 0.717) is 18.2 Å². The molecule has 2 aromatic rings. The first-order valence-electron chi connectivity index (χ1n) is 6.76. The van der Waals surface area contributed by atoms with Crippen molar-refractivity contribution in [2.24, 2.45) is 5.92 Å². The first-order chi connectivity index (χ1) is 9.74. The van der Waals surface area contributed by atoms with E-state index in [1.54, 1.807) is 22.2 Å². The lowest BCUT2D eigenvalue weighted by molar-refractivity contribution is 0.262. The summed E-state index contributed by atoms with van der Waals surface area (Å²) >= 11 is 5.09. The molecule has 20 heavy (non-hydrogen) atoms. The minimum Gasteiger partial charge on any atom is -0.375 e. The summed E-state index contributed by atoms with van der Waals surface area (Å²) in [5, 5.41) is 9.48. The molecule has 0 spiro atoms. The number of thiophene rings is 1. The number of nitrogens with one attached hydrogen (secondary N) is 1. The fourth-order valence-corrected chi connectivity index (χ4v) is 3.31. The van der Waals surface area contributed by atoms with E-state index in [9.17, 15) is 4.79 Å². The van der Waals surface area contributed by atoms with Crippen LogP contribution in [0.5, 0.6) is 0 Å². The van der Waals surface area contributed by atoms with Crippen LogP contribution in [0.1, 0.15) is 24.1 Å². The number of halogens is 1. The van der Waals surface area contributed by atoms with Crippen molar-refractivity contribution >= 4 is 33.0 Å². The molecule has 0 bridgehead atoms. The molecule has 2 aromatic heterocycles. The van der Waals surface area contributed by atoms with Gasteiger partial charge in [0, 0.05) is 18.0 Å². The maximum absolute atomic E-state index is 12.4. The zero-order chi connectivity index (χ0) is 13.9. The second-order valence-electron chi connectivity index (χ2n) is 5.08. The fourth-order valence-electron chi connectivity index (χ4n) is 2.27. The predicted molar refractivity (Wildman–Crippen MR) is 85.2 cm³/mol. The van der Waals surface area contributed by atoms with E-state index in [4.69, 9.17) is 0 Å². The molecule has 1 N–H and O–H groups in total. The van der Waals surface area contributed by atoms with Crippen LogP contribution in [0.4, 0.5) is 5.69 Å². The summed E-state index contributed by atoms with van der Waals surface area (Å²) in [5.74, 6) is 0.617. The summed E-state index contributed by atoms with van der Waals surface area (Å²) in [4.78, 5) is 13.6. The van der Waals surface area contributed by atoms with Gasteiger partial charge in [0.1, 0.15) is 5.69 Å². The summed E-state index contributed by atoms with van der Waals surface area (Å²) < 4.78 is 2.31. The number of nitrogens with zero attached hydrogens (tertiary/aromatic N) is 2. The van der Waals surface area contributed by atoms with Crippen molar-refractivity contribution in [1.29, 1.82) is 0 Å². The van der Waals surface area contributed by atoms with Crippen LogP contribution in [0.25, 0.3) is 0 Å². The maximum Gasteiger partial charge on any atom is 0.291 e. The Hall–Kier alpha value is -1.14. The molecular formula is C14H16BrN3OS. The van der Waals surface area contributed by atoms with Gasteiger partial charge in [0.2, 0.25) is 0 Å². The van der Waals surface area contributed by atoms with Crippen molar-refractivity contribution < 1.29 is 0 Å². The van der Waals surface area contributed by atoms with Crippen LogP contribution < -0.4 is 10.9 Å². The molecule has 0 atom stereocenters. The van der Waals surface area contributed by atoms with E-state index < -0.39 is 0 Å². The van der Waals surface area contributed by atoms with Gasteiger partial charge in [-0.1, -0.05) is 12.5 Å². The third-order valence-electron chi connectivity index (χ3n) is 3.67. The molecule has 1 aliphatic carbocycles. The SMILES string of the molecule is O=c1c(NCc2cccs2)c(Br)cnn1CC1CCC1. The molecule has 0 amide bonds. The van der Waals surface area contributed by atoms with Crippen molar-refractivity contribution in [2.75, 3.05) is 5.32 Å². The van der Waals surface area contributed by atoms with Crippen LogP contribution in [0, 0.1) is 5.92 Å². The molecule has 0 unspecified atom stereocenters. The topological polar surface area (TPSA) is 46.9 Å². The molecule has 2 heterocycles. The van der Waals surface area contributed by atoms with Gasteiger partial charge in [0.15, 0.2) is 0 Å². The molecule has 0 aliphatic heterocycles. The van der Waals surface area contributed by atoms with Gasteiger partial charge in [-0.25, -0.2) is 4.68 Å². The Morgan fingerprint density at radius 3 is 3.00 bits per heavy atom. The Kier molecular flexibility index (Phi) is 4.21. The van der Waals surface area contributed by atoms with Crippen molar-refractivity contribution in [1.82, 2.24) is 9.78 Å². The number of rotatable bonds is 5. The normalized spacial score (nSPS) is 15.1. The van der Waals surface area contributed by atoms with E-state index in [-0.39, 0.29) is 5.56 Å². The maximum atomic E-state index is 12.4. The number of anilines is 1. The van der Waals surface area contributed by atoms with Gasteiger partial charge < -0.3 is 5.32 Å². The van der Waals surface area contributed by atoms with Crippen molar-refractivity contribution in [2.45, 2.75) is 32.4 Å². The average Bonchev–Trinajstić information content (AvgIpc) is 2.89. The summed E-state index contributed by atoms with van der Waals surface area (Å²) in [5.41, 5.74) is 0.565. The van der Waals surface area contributed by atoms with Crippen LogP contribution in [0.3, 0.4) is 0 Å². The summed E-state index contributed by atoms with van der Waals surface area (Å²) in [6.07, 6.45) is 5.40. The van der Waals surface area contributed by atoms with Crippen molar-refractivity contribution in [3.8, 4) is 0 Å². The second-order valence-corrected chi connectivity index (χ2v) is 6.97. The molecule has 0 aromatic carbocycles. The number of aromatic nitrogens is 2. The highest BCUT2D eigenvalue weighted by Gasteiger charge is 2.20. The zero-order valence-electron chi connectivity index (χ0n) is 11.0. The van der Waals surface area contributed by atoms with Crippen LogP contribution in [0.2, 0.25) is 0 Å². The zero-order valence-corrected chi connectivity index (χ0v) is 13.4. The average molecular weight is 354 g/mol. The molecule has 3 rings (SSSR count). The lowest BCUT2D eigenvalue weighted by Gasteiger charge is -2.25. The summed E-state index contributed by atoms with van der Waals surface area (Å²) in [6.45, 7) is 1.40. The number of hydrogen-bond donors (Lipinski definition) is 1. The van der Waals surface area contributed by atoms with Crippen LogP contribution in [0.15, 0.2) is 33.0 Å². The van der Waals surface area contributed by atoms with E-state index in [1.165, 1.54) is 24.1 Å². The van der Waals surface area contributed by atoms with Crippen molar-refractivity contribution in [3.63, 3.8) is 0 Å². The lowest BCUT2D eigenvalue weighted by atomic mass is 9.85. The predicted octanol–water partition coefficient (Wildman–Crippen LogP) is 3.48. The quantitative estimate of drug-likeness (QED) is 0.894. The minimum atomic E-state index is -0.0390. The van der Waals surface area contributed by atoms with Gasteiger partial charge in [-0.2, -0.15) is 5.10 Å². The highest BCUT2D eigenvalue weighted by molar-refractivity contribution is 9.10. The number of hydrogen-bond acceptors (Lipinski definition) is 4. The molecular weight excluding hydrogens is 338 g/mol. The Morgan fingerprint density at radius 2 is 2.35 bits per heavy atom. The van der Waals surface area contributed by atoms with Gasteiger partial charge in [0.05, 0.1) is 10.7 Å². The monoisotopic (exact) mass is 353 g/mol. The minimum absolute atomic E-state index is 0.0390. The summed E-state index contributed by atoms with van der Waals surface area (Å²) in [7, 11) is 0. The largest absolute Gasteiger partial charge is 0.375 e. The van der Waals surface area contributed by atoms with E-state index in [2.05, 4.69) is 32.4 Å². The third-order valence-corrected chi connectivity index (χ3v) is 5.15. The Labute approximate surface area is 130 Å². The fraction of sp³-hybridized carbons (Fsp3) is 0.429. The lowest BCUT2D eigenvalue weighted by Crippen LogP contribution is -2.30. The first kappa shape index (κ1) is 13.8. The molecule has 106 valence electrons. The molecule has 4 nitrogen and oxygen atoms in total. The van der Waals surface area contributed by atoms with Gasteiger partial charge >= 0.3 is 0 Å². The molecule has 0 radical (unpaired) electrons. The first-order valence-corrected chi connectivity index (χ1v) is 8.43. The Bertz CT molecular complexity index is 634. The van der Waals surface area contributed by atoms with Crippen LogP contribution >= 0.6 is 27.3 Å². The van der Waals surface area contributed by atoms with Gasteiger partial charge in [-0.05, 0) is 46.1 Å². The summed E-state index contributed by atoms with van der Waals surface area (Å²) in [6, 6.07) is 4.07. The highest BCUT2D eigenvalue weighted by Crippen LogP contribution is 2.27. The van der Waals surface area contributed by atoms with Gasteiger partial charge in [0.25, 0.3) is 5.56 Å². The Morgan fingerprint density at radius 1 is 1.50 bits per heavy atom. The molecule has 1 aliphatic rings. The van der Waals surface area contributed by atoms with Crippen LogP contribution in [-0.2, 0) is 13.1 Å². The smallest absolute Gasteiger partial charge is 0.291 e. The second kappa shape index (κ2) is 6.10. The van der Waals surface area contributed by atoms with Gasteiger partial charge in [-0.15, -0.1) is 11.3 Å². The van der Waals surface area contributed by atoms with Crippen molar-refractivity contribution in [3.05, 3.63) is 43.4 Å². The standard InChI is InChI=1S/C14H16BrN3OS/c15-12-8-17-18(9-10-3-1-4-10)14(19)13(12)16-7-11-5-2-6-20-11/h2,5-6,8,10,16H,1,3-4,7,9H2. The highest BCUT2D eigenvalue weighted by atomic mass is 79.9. The van der Waals surface area contributed by atoms with Gasteiger partial charge in [-0.3, -0.25) is 4.79 Å². The van der Waals surface area contributed by atoms with Crippen LogP contribution in [-0.4, -0.2) is 9.78 Å². The Balaban J connectivity index is 1.77. The van der Waals surface area contributed by atoms with E-state index >= 15 is 0 Å². The molecule has 1 saturated carbocycles. The molecule has 1 fully saturated rings.